The van der Waals surface area contributed by atoms with E-state index in [1.165, 1.54) is 6.92 Å². The highest BCUT2D eigenvalue weighted by atomic mass is 32.2. The van der Waals surface area contributed by atoms with Crippen LogP contribution < -0.4 is 10.0 Å². The first-order valence-electron chi connectivity index (χ1n) is 5.69. The second kappa shape index (κ2) is 5.97. The van der Waals surface area contributed by atoms with Crippen LogP contribution >= 0.6 is 0 Å². The average molecular weight is 270 g/mol. The summed E-state index contributed by atoms with van der Waals surface area (Å²) in [6.07, 6.45) is 0. The molecule has 6 heteroatoms. The molecule has 0 spiro atoms. The van der Waals surface area contributed by atoms with Gasteiger partial charge >= 0.3 is 0 Å². The summed E-state index contributed by atoms with van der Waals surface area (Å²) in [7, 11) is -3.34. The lowest BCUT2D eigenvalue weighted by atomic mass is 10.1. The molecule has 0 heterocycles. The predicted octanol–water partition coefficient (Wildman–Crippen LogP) is 1.18. The maximum Gasteiger partial charge on any atom is 0.239 e. The number of carbonyl (C=O) groups is 1. The van der Waals surface area contributed by atoms with E-state index in [9.17, 15) is 13.2 Å². The van der Waals surface area contributed by atoms with E-state index in [-0.39, 0.29) is 18.2 Å². The Kier molecular flexibility index (Phi) is 4.86. The Morgan fingerprint density at radius 2 is 1.94 bits per heavy atom. The van der Waals surface area contributed by atoms with Crippen molar-refractivity contribution in [1.82, 2.24) is 4.72 Å². The Morgan fingerprint density at radius 1 is 1.28 bits per heavy atom. The van der Waals surface area contributed by atoms with Crippen molar-refractivity contribution in [3.8, 4) is 0 Å². The number of amides is 1. The minimum absolute atomic E-state index is 0.0379. The zero-order valence-electron chi connectivity index (χ0n) is 10.8. The molecule has 2 N–H and O–H groups in total. The van der Waals surface area contributed by atoms with Crippen molar-refractivity contribution in [3.63, 3.8) is 0 Å². The molecule has 1 rings (SSSR count). The van der Waals surface area contributed by atoms with Crippen molar-refractivity contribution in [2.45, 2.75) is 20.8 Å². The van der Waals surface area contributed by atoms with Crippen molar-refractivity contribution >= 4 is 21.6 Å². The van der Waals surface area contributed by atoms with Crippen LogP contribution in [0.25, 0.3) is 0 Å². The number of benzene rings is 1. The summed E-state index contributed by atoms with van der Waals surface area (Å²) in [6, 6.07) is 5.58. The monoisotopic (exact) mass is 270 g/mol. The molecule has 0 aromatic heterocycles. The highest BCUT2D eigenvalue weighted by Gasteiger charge is 2.10. The number of anilines is 1. The molecule has 0 fully saturated rings. The van der Waals surface area contributed by atoms with Gasteiger partial charge in [-0.25, -0.2) is 13.1 Å². The van der Waals surface area contributed by atoms with E-state index in [1.54, 1.807) is 6.07 Å². The van der Waals surface area contributed by atoms with Gasteiger partial charge < -0.3 is 5.32 Å². The molecule has 0 saturated heterocycles. The Bertz CT molecular complexity index is 538. The lowest BCUT2D eigenvalue weighted by Gasteiger charge is -2.10. The average Bonchev–Trinajstić information content (AvgIpc) is 2.33. The summed E-state index contributed by atoms with van der Waals surface area (Å²) in [5.74, 6) is -0.412. The molecule has 0 saturated carbocycles. The molecule has 1 aromatic carbocycles. The first kappa shape index (κ1) is 14.7. The Hall–Kier alpha value is -1.40. The molecule has 1 aromatic rings. The molecule has 18 heavy (non-hydrogen) atoms. The molecule has 0 aliphatic carbocycles. The number of hydrogen-bond donors (Lipinski definition) is 2. The normalized spacial score (nSPS) is 11.3. The number of carbonyl (C=O) groups excluding carboxylic acids is 1. The van der Waals surface area contributed by atoms with E-state index in [0.29, 0.717) is 5.69 Å². The Labute approximate surface area is 108 Å². The number of nitrogens with one attached hydrogen (secondary N) is 2. The third-order valence-electron chi connectivity index (χ3n) is 2.71. The largest absolute Gasteiger partial charge is 0.325 e. The second-order valence-electron chi connectivity index (χ2n) is 4.02. The topological polar surface area (TPSA) is 75.3 Å². The Morgan fingerprint density at radius 3 is 2.56 bits per heavy atom. The van der Waals surface area contributed by atoms with Crippen molar-refractivity contribution in [2.75, 3.05) is 17.6 Å². The molecule has 5 nitrogen and oxygen atoms in total. The van der Waals surface area contributed by atoms with Crippen LogP contribution in [0.2, 0.25) is 0 Å². The fraction of sp³-hybridized carbons (Fsp3) is 0.417. The van der Waals surface area contributed by atoms with Crippen LogP contribution in [-0.2, 0) is 14.8 Å². The van der Waals surface area contributed by atoms with Gasteiger partial charge in [-0.3, -0.25) is 4.79 Å². The summed E-state index contributed by atoms with van der Waals surface area (Å²) in [4.78, 5) is 11.6. The summed E-state index contributed by atoms with van der Waals surface area (Å²) in [5, 5.41) is 2.68. The van der Waals surface area contributed by atoms with Gasteiger partial charge in [0.1, 0.15) is 0 Å². The van der Waals surface area contributed by atoms with E-state index in [0.717, 1.165) is 11.1 Å². The maximum atomic E-state index is 11.6. The van der Waals surface area contributed by atoms with Gasteiger partial charge in [0, 0.05) is 5.69 Å². The van der Waals surface area contributed by atoms with Crippen LogP contribution in [-0.4, -0.2) is 26.6 Å². The van der Waals surface area contributed by atoms with Crippen LogP contribution in [0.1, 0.15) is 18.1 Å². The van der Waals surface area contributed by atoms with Crippen molar-refractivity contribution < 1.29 is 13.2 Å². The molecule has 0 radical (unpaired) electrons. The SMILES string of the molecule is CCS(=O)(=O)NCC(=O)Nc1cccc(C)c1C. The zero-order chi connectivity index (χ0) is 13.8. The van der Waals surface area contributed by atoms with Gasteiger partial charge in [0.15, 0.2) is 0 Å². The van der Waals surface area contributed by atoms with Crippen LogP contribution in [0.4, 0.5) is 5.69 Å². The first-order chi connectivity index (χ1) is 8.35. The summed E-state index contributed by atoms with van der Waals surface area (Å²) in [6.45, 7) is 5.13. The summed E-state index contributed by atoms with van der Waals surface area (Å²) in [5.41, 5.74) is 2.75. The summed E-state index contributed by atoms with van der Waals surface area (Å²) >= 11 is 0. The first-order valence-corrected chi connectivity index (χ1v) is 7.34. The Balaban J connectivity index is 2.63. The highest BCUT2D eigenvalue weighted by molar-refractivity contribution is 7.89. The number of aryl methyl sites for hydroxylation is 1. The van der Waals surface area contributed by atoms with Crippen LogP contribution in [0.5, 0.6) is 0 Å². The molecule has 0 unspecified atom stereocenters. The molecule has 0 aliphatic heterocycles. The van der Waals surface area contributed by atoms with E-state index in [2.05, 4.69) is 10.0 Å². The molecular weight excluding hydrogens is 252 g/mol. The van der Waals surface area contributed by atoms with E-state index in [4.69, 9.17) is 0 Å². The van der Waals surface area contributed by atoms with Crippen LogP contribution in [0, 0.1) is 13.8 Å². The zero-order valence-corrected chi connectivity index (χ0v) is 11.6. The quantitative estimate of drug-likeness (QED) is 0.843. The van der Waals surface area contributed by atoms with Gasteiger partial charge in [-0.1, -0.05) is 12.1 Å². The lowest BCUT2D eigenvalue weighted by Crippen LogP contribution is -2.33. The fourth-order valence-electron chi connectivity index (χ4n) is 1.36. The molecule has 0 aliphatic rings. The maximum absolute atomic E-state index is 11.6. The standard InChI is InChI=1S/C12H18N2O3S/c1-4-18(16,17)13-8-12(15)14-11-7-5-6-9(2)10(11)3/h5-7,13H,4,8H2,1-3H3,(H,14,15). The predicted molar refractivity (Wildman–Crippen MR) is 72.0 cm³/mol. The van der Waals surface area contributed by atoms with E-state index >= 15 is 0 Å². The third kappa shape index (κ3) is 4.12. The highest BCUT2D eigenvalue weighted by Crippen LogP contribution is 2.17. The minimum Gasteiger partial charge on any atom is -0.325 e. The van der Waals surface area contributed by atoms with Crippen molar-refractivity contribution in [3.05, 3.63) is 29.3 Å². The number of sulfonamides is 1. The number of rotatable bonds is 5. The number of hydrogen-bond acceptors (Lipinski definition) is 3. The van der Waals surface area contributed by atoms with Gasteiger partial charge in [0.05, 0.1) is 12.3 Å². The molecule has 100 valence electrons. The van der Waals surface area contributed by atoms with Crippen molar-refractivity contribution in [2.24, 2.45) is 0 Å². The molecule has 0 atom stereocenters. The van der Waals surface area contributed by atoms with Crippen molar-refractivity contribution in [1.29, 1.82) is 0 Å². The van der Waals surface area contributed by atoms with Crippen LogP contribution in [0.15, 0.2) is 18.2 Å². The fourth-order valence-corrected chi connectivity index (χ4v) is 1.91. The lowest BCUT2D eigenvalue weighted by molar-refractivity contribution is -0.115. The van der Waals surface area contributed by atoms with E-state index < -0.39 is 10.0 Å². The van der Waals surface area contributed by atoms with Gasteiger partial charge in [-0.15, -0.1) is 0 Å². The molecule has 0 bridgehead atoms. The van der Waals surface area contributed by atoms with E-state index in [1.807, 2.05) is 26.0 Å². The van der Waals surface area contributed by atoms with Gasteiger partial charge in [-0.2, -0.15) is 0 Å². The van der Waals surface area contributed by atoms with Gasteiger partial charge in [0.2, 0.25) is 15.9 Å². The third-order valence-corrected chi connectivity index (χ3v) is 4.06. The van der Waals surface area contributed by atoms with Crippen LogP contribution in [0.3, 0.4) is 0 Å². The minimum atomic E-state index is -3.34. The smallest absolute Gasteiger partial charge is 0.239 e. The van der Waals surface area contributed by atoms with Gasteiger partial charge in [0.25, 0.3) is 0 Å². The molecular formula is C12H18N2O3S. The molecule has 1 amide bonds. The van der Waals surface area contributed by atoms with Gasteiger partial charge in [-0.05, 0) is 38.0 Å². The second-order valence-corrected chi connectivity index (χ2v) is 6.12. The summed E-state index contributed by atoms with van der Waals surface area (Å²) < 4.78 is 24.6.